The zero-order valence-corrected chi connectivity index (χ0v) is 22.9. The van der Waals surface area contributed by atoms with Crippen molar-refractivity contribution < 1.29 is 14.6 Å². The maximum Gasteiger partial charge on any atom is 0.244 e. The predicted octanol–water partition coefficient (Wildman–Crippen LogP) is 7.53. The number of fused-ring (bicyclic) bond motifs is 6. The first-order valence-electron chi connectivity index (χ1n) is 13.7. The van der Waals surface area contributed by atoms with Gasteiger partial charge in [0.15, 0.2) is 11.5 Å². The number of aromatic hydroxyl groups is 1. The first-order valence-corrected chi connectivity index (χ1v) is 13.7. The normalized spacial score (nSPS) is 11.6. The number of phenolic OH excluding ortho intramolecular Hbond substituents is 1. The molecule has 0 unspecified atom stereocenters. The van der Waals surface area contributed by atoms with Crippen LogP contribution in [-0.2, 0) is 11.3 Å². The zero-order valence-electron chi connectivity index (χ0n) is 22.9. The Morgan fingerprint density at radius 3 is 2.40 bits per heavy atom. The molecule has 2 N–H and O–H groups in total. The molecule has 204 valence electrons. The topological polar surface area (TPSA) is 76.4 Å². The van der Waals surface area contributed by atoms with Gasteiger partial charge in [-0.15, -0.1) is 0 Å². The summed E-state index contributed by atoms with van der Waals surface area (Å²) >= 11 is 0. The van der Waals surface area contributed by atoms with Crippen molar-refractivity contribution >= 4 is 55.3 Å². The largest absolute Gasteiger partial charge is 0.504 e. The number of pyridine rings is 1. The number of nitrogens with one attached hydrogen (secondary N) is 1. The van der Waals surface area contributed by atoms with Crippen molar-refractivity contribution in [2.75, 3.05) is 7.11 Å². The molecular weight excluding hydrogens is 522 g/mol. The average molecular weight is 550 g/mol. The minimum Gasteiger partial charge on any atom is -0.504 e. The third kappa shape index (κ3) is 4.39. The summed E-state index contributed by atoms with van der Waals surface area (Å²) in [5, 5.41) is 19.7. The van der Waals surface area contributed by atoms with E-state index in [9.17, 15) is 9.90 Å². The summed E-state index contributed by atoms with van der Waals surface area (Å²) in [6.45, 7) is 0.288. The van der Waals surface area contributed by atoms with Gasteiger partial charge < -0.3 is 19.7 Å². The van der Waals surface area contributed by atoms with Gasteiger partial charge in [-0.1, -0.05) is 72.8 Å². The predicted molar refractivity (Wildman–Crippen MR) is 169 cm³/mol. The molecule has 0 spiro atoms. The quantitative estimate of drug-likeness (QED) is 0.166. The Morgan fingerprint density at radius 1 is 0.833 bits per heavy atom. The first-order chi connectivity index (χ1) is 20.6. The van der Waals surface area contributed by atoms with Crippen LogP contribution in [-0.4, -0.2) is 27.7 Å². The molecule has 0 aliphatic heterocycles. The fourth-order valence-electron chi connectivity index (χ4n) is 5.69. The molecule has 0 aliphatic rings. The standard InChI is InChI=1S/C36H27N3O3/c1-42-35-18-23(14-16-34(35)40)15-17-36(41)38-21-25-20-30-29-12-6-7-13-31(29)39(33(30)22-37-25)32-19-24-8-2-3-9-26(24)27-10-4-5-11-28(27)32/h2-20,22,40H,21H2,1H3,(H,38,41)/b17-15+. The molecule has 42 heavy (non-hydrogen) atoms. The molecule has 5 aromatic carbocycles. The van der Waals surface area contributed by atoms with Crippen molar-refractivity contribution in [2.24, 2.45) is 0 Å². The molecule has 2 aromatic heterocycles. The third-order valence-electron chi connectivity index (χ3n) is 7.68. The summed E-state index contributed by atoms with van der Waals surface area (Å²) in [5.41, 5.74) is 4.72. The monoisotopic (exact) mass is 549 g/mol. The van der Waals surface area contributed by atoms with Gasteiger partial charge in [0.25, 0.3) is 0 Å². The van der Waals surface area contributed by atoms with E-state index in [1.807, 2.05) is 6.20 Å². The second kappa shape index (κ2) is 10.4. The highest BCUT2D eigenvalue weighted by molar-refractivity contribution is 6.15. The molecule has 0 bridgehead atoms. The van der Waals surface area contributed by atoms with Crippen LogP contribution in [0.15, 0.2) is 115 Å². The van der Waals surface area contributed by atoms with Gasteiger partial charge in [-0.2, -0.15) is 0 Å². The molecule has 2 heterocycles. The molecule has 7 rings (SSSR count). The van der Waals surface area contributed by atoms with Crippen LogP contribution in [0.2, 0.25) is 0 Å². The van der Waals surface area contributed by atoms with E-state index in [1.54, 1.807) is 18.2 Å². The molecule has 1 amide bonds. The third-order valence-corrected chi connectivity index (χ3v) is 7.68. The minimum atomic E-state index is -0.242. The molecule has 6 nitrogen and oxygen atoms in total. The maximum atomic E-state index is 12.6. The number of phenols is 1. The van der Waals surface area contributed by atoms with Gasteiger partial charge in [-0.3, -0.25) is 9.78 Å². The lowest BCUT2D eigenvalue weighted by molar-refractivity contribution is -0.116. The zero-order chi connectivity index (χ0) is 28.6. The Morgan fingerprint density at radius 2 is 1.57 bits per heavy atom. The van der Waals surface area contributed by atoms with Crippen LogP contribution in [0.5, 0.6) is 11.5 Å². The van der Waals surface area contributed by atoms with E-state index in [1.165, 1.54) is 40.8 Å². The molecule has 0 aliphatic carbocycles. The summed E-state index contributed by atoms with van der Waals surface area (Å²) in [6.07, 6.45) is 5.04. The Bertz CT molecular complexity index is 2180. The lowest BCUT2D eigenvalue weighted by Gasteiger charge is -2.14. The maximum absolute atomic E-state index is 12.6. The van der Waals surface area contributed by atoms with Crippen LogP contribution in [0.25, 0.3) is 55.1 Å². The van der Waals surface area contributed by atoms with Gasteiger partial charge in [-0.25, -0.2) is 0 Å². The molecule has 6 heteroatoms. The second-order valence-electron chi connectivity index (χ2n) is 10.2. The van der Waals surface area contributed by atoms with Gasteiger partial charge in [0, 0.05) is 22.2 Å². The number of ether oxygens (including phenoxy) is 1. The number of carbonyl (C=O) groups excluding carboxylic acids is 1. The molecular formula is C36H27N3O3. The summed E-state index contributed by atoms with van der Waals surface area (Å²) in [6, 6.07) is 34.6. The molecule has 0 saturated carbocycles. The Hall–Kier alpha value is -5.62. The number of hydrogen-bond donors (Lipinski definition) is 2. The molecule has 0 fully saturated rings. The van der Waals surface area contributed by atoms with Crippen LogP contribution in [0.1, 0.15) is 11.3 Å². The molecule has 0 atom stereocenters. The van der Waals surface area contributed by atoms with Crippen LogP contribution >= 0.6 is 0 Å². The Kier molecular flexibility index (Phi) is 6.28. The van der Waals surface area contributed by atoms with E-state index < -0.39 is 0 Å². The summed E-state index contributed by atoms with van der Waals surface area (Å²) < 4.78 is 7.43. The van der Waals surface area contributed by atoms with Crippen LogP contribution in [0.4, 0.5) is 0 Å². The van der Waals surface area contributed by atoms with E-state index >= 15 is 0 Å². The average Bonchev–Trinajstić information content (AvgIpc) is 3.36. The number of benzene rings is 5. The Balaban J connectivity index is 1.25. The van der Waals surface area contributed by atoms with Crippen molar-refractivity contribution in [2.45, 2.75) is 6.54 Å². The van der Waals surface area contributed by atoms with E-state index in [0.29, 0.717) is 5.75 Å². The summed E-state index contributed by atoms with van der Waals surface area (Å²) in [5.74, 6) is 0.163. The molecule has 0 saturated heterocycles. The van der Waals surface area contributed by atoms with Gasteiger partial charge in [0.05, 0.1) is 42.3 Å². The van der Waals surface area contributed by atoms with Gasteiger partial charge in [-0.05, 0) is 58.1 Å². The lowest BCUT2D eigenvalue weighted by atomic mass is 10.00. The number of amides is 1. The fourth-order valence-corrected chi connectivity index (χ4v) is 5.69. The second-order valence-corrected chi connectivity index (χ2v) is 10.2. The Labute approximate surface area is 242 Å². The highest BCUT2D eigenvalue weighted by Crippen LogP contribution is 2.37. The van der Waals surface area contributed by atoms with Crippen LogP contribution in [0.3, 0.4) is 0 Å². The van der Waals surface area contributed by atoms with E-state index in [4.69, 9.17) is 9.72 Å². The number of para-hydroxylation sites is 1. The minimum absolute atomic E-state index is 0.0516. The van der Waals surface area contributed by atoms with Gasteiger partial charge in [0.1, 0.15) is 0 Å². The highest BCUT2D eigenvalue weighted by atomic mass is 16.5. The van der Waals surface area contributed by atoms with Crippen molar-refractivity contribution in [1.82, 2.24) is 14.9 Å². The number of aromatic nitrogens is 2. The number of hydrogen-bond acceptors (Lipinski definition) is 4. The number of rotatable bonds is 6. The number of carbonyl (C=O) groups is 1. The lowest BCUT2D eigenvalue weighted by Crippen LogP contribution is -2.20. The van der Waals surface area contributed by atoms with Crippen molar-refractivity contribution in [3.05, 3.63) is 127 Å². The number of nitrogens with zero attached hydrogens (tertiary/aromatic N) is 2. The van der Waals surface area contributed by atoms with E-state index in [0.717, 1.165) is 38.8 Å². The van der Waals surface area contributed by atoms with Crippen LogP contribution in [0, 0.1) is 0 Å². The molecule has 7 aromatic rings. The van der Waals surface area contributed by atoms with Gasteiger partial charge in [0.2, 0.25) is 5.91 Å². The van der Waals surface area contributed by atoms with Crippen molar-refractivity contribution in [1.29, 1.82) is 0 Å². The fraction of sp³-hybridized carbons (Fsp3) is 0.0556. The van der Waals surface area contributed by atoms with E-state index in [-0.39, 0.29) is 18.2 Å². The van der Waals surface area contributed by atoms with Crippen molar-refractivity contribution in [3.63, 3.8) is 0 Å². The smallest absolute Gasteiger partial charge is 0.244 e. The number of methoxy groups -OCH3 is 1. The van der Waals surface area contributed by atoms with Gasteiger partial charge >= 0.3 is 0 Å². The van der Waals surface area contributed by atoms with Crippen LogP contribution < -0.4 is 10.1 Å². The van der Waals surface area contributed by atoms with Crippen molar-refractivity contribution in [3.8, 4) is 17.2 Å². The van der Waals surface area contributed by atoms with E-state index in [2.05, 4.69) is 94.8 Å². The highest BCUT2D eigenvalue weighted by Gasteiger charge is 2.16. The molecule has 0 radical (unpaired) electrons. The SMILES string of the molecule is COc1cc(/C=C/C(=O)NCc2cc3c4ccccc4n(-c4cc5ccccc5c5ccccc45)c3cn2)ccc1O. The summed E-state index contributed by atoms with van der Waals surface area (Å²) in [4.78, 5) is 17.3. The first kappa shape index (κ1) is 25.4. The summed E-state index contributed by atoms with van der Waals surface area (Å²) in [7, 11) is 1.49.